The second-order valence-electron chi connectivity index (χ2n) is 4.44. The molecule has 2 rings (SSSR count). The molecule has 0 aliphatic rings. The first-order chi connectivity index (χ1) is 10.6. The van der Waals surface area contributed by atoms with Crippen molar-refractivity contribution in [2.24, 2.45) is 5.10 Å². The van der Waals surface area contributed by atoms with Crippen molar-refractivity contribution >= 4 is 17.8 Å². The molecule has 0 saturated carbocycles. The topological polar surface area (TPSA) is 85.9 Å². The maximum Gasteiger partial charge on any atom is 0.271 e. The third-order valence-electron chi connectivity index (χ3n) is 2.96. The molecule has 0 aliphatic heterocycles. The smallest absolute Gasteiger partial charge is 0.271 e. The van der Waals surface area contributed by atoms with Crippen LogP contribution in [0.3, 0.4) is 0 Å². The second kappa shape index (κ2) is 7.12. The number of amides is 1. The first-order valence-electron chi connectivity index (χ1n) is 6.55. The van der Waals surface area contributed by atoms with Crippen molar-refractivity contribution in [2.45, 2.75) is 0 Å². The van der Waals surface area contributed by atoms with Gasteiger partial charge in [-0.15, -0.1) is 0 Å². The Balaban J connectivity index is 2.03. The fourth-order valence-corrected chi connectivity index (χ4v) is 1.80. The van der Waals surface area contributed by atoms with Crippen molar-refractivity contribution in [3.05, 3.63) is 53.6 Å². The SMILES string of the molecule is COc1ccc(/C=N\NC(=O)c2ccc(N)cc2)cc1OC. The zero-order chi connectivity index (χ0) is 15.9. The zero-order valence-electron chi connectivity index (χ0n) is 12.4. The summed E-state index contributed by atoms with van der Waals surface area (Å²) in [6, 6.07) is 11.9. The van der Waals surface area contributed by atoms with Gasteiger partial charge in [0, 0.05) is 11.3 Å². The number of hydrazone groups is 1. The number of hydrogen-bond acceptors (Lipinski definition) is 5. The molecule has 0 aromatic heterocycles. The van der Waals surface area contributed by atoms with Gasteiger partial charge >= 0.3 is 0 Å². The third-order valence-corrected chi connectivity index (χ3v) is 2.96. The van der Waals surface area contributed by atoms with Gasteiger partial charge in [-0.2, -0.15) is 5.10 Å². The first kappa shape index (κ1) is 15.4. The monoisotopic (exact) mass is 299 g/mol. The van der Waals surface area contributed by atoms with Gasteiger partial charge in [-0.1, -0.05) is 0 Å². The number of hydrogen-bond donors (Lipinski definition) is 2. The van der Waals surface area contributed by atoms with E-state index in [-0.39, 0.29) is 5.91 Å². The Morgan fingerprint density at radius 3 is 2.41 bits per heavy atom. The third kappa shape index (κ3) is 3.76. The van der Waals surface area contributed by atoms with Crippen molar-refractivity contribution < 1.29 is 14.3 Å². The molecule has 0 heterocycles. The van der Waals surface area contributed by atoms with E-state index in [4.69, 9.17) is 15.2 Å². The van der Waals surface area contributed by atoms with Crippen molar-refractivity contribution in [1.29, 1.82) is 0 Å². The fourth-order valence-electron chi connectivity index (χ4n) is 1.80. The molecule has 0 radical (unpaired) electrons. The van der Waals surface area contributed by atoms with E-state index < -0.39 is 0 Å². The molecule has 2 aromatic rings. The van der Waals surface area contributed by atoms with Crippen molar-refractivity contribution in [2.75, 3.05) is 20.0 Å². The normalized spacial score (nSPS) is 10.5. The highest BCUT2D eigenvalue weighted by Gasteiger charge is 2.04. The van der Waals surface area contributed by atoms with E-state index >= 15 is 0 Å². The Kier molecular flexibility index (Phi) is 4.98. The van der Waals surface area contributed by atoms with Crippen LogP contribution >= 0.6 is 0 Å². The van der Waals surface area contributed by atoms with Gasteiger partial charge in [0.05, 0.1) is 20.4 Å². The number of rotatable bonds is 5. The van der Waals surface area contributed by atoms with Crippen molar-refractivity contribution in [3.63, 3.8) is 0 Å². The predicted octanol–water partition coefficient (Wildman–Crippen LogP) is 2.05. The number of nitrogens with one attached hydrogen (secondary N) is 1. The number of benzene rings is 2. The van der Waals surface area contributed by atoms with Crippen molar-refractivity contribution in [3.8, 4) is 11.5 Å². The molecule has 0 bridgehead atoms. The van der Waals surface area contributed by atoms with E-state index in [0.717, 1.165) is 5.56 Å². The minimum Gasteiger partial charge on any atom is -0.493 e. The van der Waals surface area contributed by atoms with Gasteiger partial charge in [0.15, 0.2) is 11.5 Å². The average molecular weight is 299 g/mol. The molecule has 0 fully saturated rings. The maximum absolute atomic E-state index is 11.9. The second-order valence-corrected chi connectivity index (χ2v) is 4.44. The molecule has 2 aromatic carbocycles. The van der Waals surface area contributed by atoms with E-state index in [1.165, 1.54) is 6.21 Å². The van der Waals surface area contributed by atoms with Gasteiger partial charge in [0.1, 0.15) is 0 Å². The van der Waals surface area contributed by atoms with Crippen LogP contribution in [0.15, 0.2) is 47.6 Å². The number of carbonyl (C=O) groups excluding carboxylic acids is 1. The van der Waals surface area contributed by atoms with E-state index in [1.54, 1.807) is 56.7 Å². The summed E-state index contributed by atoms with van der Waals surface area (Å²) in [6.45, 7) is 0. The number of anilines is 1. The van der Waals surface area contributed by atoms with E-state index in [2.05, 4.69) is 10.5 Å². The number of methoxy groups -OCH3 is 2. The van der Waals surface area contributed by atoms with E-state index in [0.29, 0.717) is 22.7 Å². The van der Waals surface area contributed by atoms with Gasteiger partial charge in [-0.3, -0.25) is 4.79 Å². The van der Waals surface area contributed by atoms with Crippen LogP contribution in [0.4, 0.5) is 5.69 Å². The number of nitrogens with two attached hydrogens (primary N) is 1. The van der Waals surface area contributed by atoms with Crippen LogP contribution in [-0.2, 0) is 0 Å². The van der Waals surface area contributed by atoms with Gasteiger partial charge in [0.25, 0.3) is 5.91 Å². The lowest BCUT2D eigenvalue weighted by molar-refractivity contribution is 0.0955. The van der Waals surface area contributed by atoms with Crippen LogP contribution in [-0.4, -0.2) is 26.3 Å². The lowest BCUT2D eigenvalue weighted by Crippen LogP contribution is -2.17. The maximum atomic E-state index is 11.9. The summed E-state index contributed by atoms with van der Waals surface area (Å²) in [5.74, 6) is 0.915. The Bertz CT molecular complexity index is 682. The number of carbonyl (C=O) groups is 1. The number of ether oxygens (including phenoxy) is 2. The average Bonchev–Trinajstić information content (AvgIpc) is 2.55. The Morgan fingerprint density at radius 2 is 1.77 bits per heavy atom. The number of nitrogens with zero attached hydrogens (tertiary/aromatic N) is 1. The molecule has 114 valence electrons. The fraction of sp³-hybridized carbons (Fsp3) is 0.125. The highest BCUT2D eigenvalue weighted by atomic mass is 16.5. The molecule has 0 atom stereocenters. The van der Waals surface area contributed by atoms with Crippen LogP contribution in [0, 0.1) is 0 Å². The Labute approximate surface area is 128 Å². The van der Waals surface area contributed by atoms with Crippen LogP contribution in [0.1, 0.15) is 15.9 Å². The summed E-state index contributed by atoms with van der Waals surface area (Å²) in [5, 5.41) is 3.92. The Hall–Kier alpha value is -3.02. The lowest BCUT2D eigenvalue weighted by Gasteiger charge is -2.07. The first-order valence-corrected chi connectivity index (χ1v) is 6.55. The summed E-state index contributed by atoms with van der Waals surface area (Å²) >= 11 is 0. The summed E-state index contributed by atoms with van der Waals surface area (Å²) < 4.78 is 10.4. The van der Waals surface area contributed by atoms with Crippen LogP contribution in [0.25, 0.3) is 0 Å². The molecular formula is C16H17N3O3. The highest BCUT2D eigenvalue weighted by Crippen LogP contribution is 2.26. The quantitative estimate of drug-likeness (QED) is 0.502. The van der Waals surface area contributed by atoms with E-state index in [9.17, 15) is 4.79 Å². The molecule has 6 heteroatoms. The van der Waals surface area contributed by atoms with Gasteiger partial charge in [0.2, 0.25) is 0 Å². The summed E-state index contributed by atoms with van der Waals surface area (Å²) in [4.78, 5) is 11.9. The van der Waals surface area contributed by atoms with Gasteiger partial charge in [-0.05, 0) is 48.0 Å². The van der Waals surface area contributed by atoms with E-state index in [1.807, 2.05) is 0 Å². The summed E-state index contributed by atoms with van der Waals surface area (Å²) in [7, 11) is 3.13. The number of nitrogen functional groups attached to an aromatic ring is 1. The molecule has 0 saturated heterocycles. The largest absolute Gasteiger partial charge is 0.493 e. The van der Waals surface area contributed by atoms with Crippen LogP contribution in [0.2, 0.25) is 0 Å². The van der Waals surface area contributed by atoms with Gasteiger partial charge in [-0.25, -0.2) is 5.43 Å². The van der Waals surface area contributed by atoms with Gasteiger partial charge < -0.3 is 15.2 Å². The molecule has 0 spiro atoms. The molecule has 0 unspecified atom stereocenters. The molecule has 1 amide bonds. The molecular weight excluding hydrogens is 282 g/mol. The summed E-state index contributed by atoms with van der Waals surface area (Å²) in [5.41, 5.74) is 9.88. The van der Waals surface area contributed by atoms with Crippen LogP contribution < -0.4 is 20.6 Å². The zero-order valence-corrected chi connectivity index (χ0v) is 12.4. The highest BCUT2D eigenvalue weighted by molar-refractivity contribution is 5.95. The predicted molar refractivity (Wildman–Crippen MR) is 85.5 cm³/mol. The standard InChI is InChI=1S/C16H17N3O3/c1-21-14-8-3-11(9-15(14)22-2)10-18-19-16(20)12-4-6-13(17)7-5-12/h3-10H,17H2,1-2H3,(H,19,20)/b18-10-. The Morgan fingerprint density at radius 1 is 1.09 bits per heavy atom. The summed E-state index contributed by atoms with van der Waals surface area (Å²) in [6.07, 6.45) is 1.52. The molecule has 6 nitrogen and oxygen atoms in total. The minimum absolute atomic E-state index is 0.309. The molecule has 22 heavy (non-hydrogen) atoms. The van der Waals surface area contributed by atoms with Crippen LogP contribution in [0.5, 0.6) is 11.5 Å². The van der Waals surface area contributed by atoms with Crippen molar-refractivity contribution in [1.82, 2.24) is 5.43 Å². The lowest BCUT2D eigenvalue weighted by atomic mass is 10.2. The molecule has 3 N–H and O–H groups in total. The molecule has 0 aliphatic carbocycles. The minimum atomic E-state index is -0.309.